The first-order chi connectivity index (χ1) is 7.84. The molecule has 1 unspecified atom stereocenters. The highest BCUT2D eigenvalue weighted by Crippen LogP contribution is 2.21. The van der Waals surface area contributed by atoms with Gasteiger partial charge in [0.25, 0.3) is 0 Å². The molecule has 0 saturated carbocycles. The summed E-state index contributed by atoms with van der Waals surface area (Å²) >= 11 is 1.34. The Morgan fingerprint density at radius 2 is 1.88 bits per heavy atom. The molecule has 0 aromatic carbocycles. The Morgan fingerprint density at radius 3 is 2.24 bits per heavy atom. The van der Waals surface area contributed by atoms with Gasteiger partial charge >= 0.3 is 5.97 Å². The molecule has 0 rings (SSSR count). The van der Waals surface area contributed by atoms with Crippen molar-refractivity contribution in [3.8, 4) is 0 Å². The SMILES string of the molecule is CCC(O)(CC)CSCC(NC(C)=O)C(=O)O. The average molecular weight is 263 g/mol. The van der Waals surface area contributed by atoms with E-state index in [4.69, 9.17) is 5.11 Å². The Morgan fingerprint density at radius 1 is 1.35 bits per heavy atom. The number of nitrogens with one attached hydrogen (secondary N) is 1. The summed E-state index contributed by atoms with van der Waals surface area (Å²) in [6, 6.07) is -0.893. The van der Waals surface area contributed by atoms with Gasteiger partial charge in [-0.2, -0.15) is 11.8 Å². The molecular formula is C11H21NO4S. The molecular weight excluding hydrogens is 242 g/mol. The molecule has 0 aliphatic heterocycles. The third-order valence-electron chi connectivity index (χ3n) is 2.65. The Hall–Kier alpha value is -0.750. The predicted octanol–water partition coefficient (Wildman–Crippen LogP) is 0.860. The number of aliphatic carboxylic acids is 1. The second-order valence-corrected chi connectivity index (χ2v) is 5.07. The Labute approximate surface area is 106 Å². The average Bonchev–Trinajstić information content (AvgIpc) is 2.26. The largest absolute Gasteiger partial charge is 0.480 e. The van der Waals surface area contributed by atoms with Crippen molar-refractivity contribution in [3.63, 3.8) is 0 Å². The van der Waals surface area contributed by atoms with Gasteiger partial charge in [-0.3, -0.25) is 4.79 Å². The quantitative estimate of drug-likeness (QED) is 0.604. The molecule has 0 aromatic heterocycles. The first kappa shape index (κ1) is 16.2. The van der Waals surface area contributed by atoms with E-state index < -0.39 is 17.6 Å². The van der Waals surface area contributed by atoms with E-state index in [0.29, 0.717) is 18.6 Å². The van der Waals surface area contributed by atoms with Crippen molar-refractivity contribution in [2.24, 2.45) is 0 Å². The summed E-state index contributed by atoms with van der Waals surface area (Å²) in [6.07, 6.45) is 1.27. The number of amides is 1. The zero-order valence-corrected chi connectivity index (χ0v) is 11.3. The van der Waals surface area contributed by atoms with E-state index >= 15 is 0 Å². The van der Waals surface area contributed by atoms with E-state index in [1.807, 2.05) is 13.8 Å². The van der Waals surface area contributed by atoms with E-state index in [-0.39, 0.29) is 11.7 Å². The van der Waals surface area contributed by atoms with Crippen molar-refractivity contribution in [1.29, 1.82) is 0 Å². The van der Waals surface area contributed by atoms with Crippen molar-refractivity contribution >= 4 is 23.6 Å². The number of carboxylic acid groups (broad SMARTS) is 1. The lowest BCUT2D eigenvalue weighted by Gasteiger charge is -2.25. The van der Waals surface area contributed by atoms with Gasteiger partial charge in [0.2, 0.25) is 5.91 Å². The molecule has 0 aliphatic carbocycles. The van der Waals surface area contributed by atoms with E-state index in [1.165, 1.54) is 18.7 Å². The minimum absolute atomic E-state index is 0.261. The minimum atomic E-state index is -1.05. The van der Waals surface area contributed by atoms with Crippen LogP contribution in [0.3, 0.4) is 0 Å². The van der Waals surface area contributed by atoms with Crippen molar-refractivity contribution in [2.45, 2.75) is 45.3 Å². The minimum Gasteiger partial charge on any atom is -0.480 e. The van der Waals surface area contributed by atoms with Crippen molar-refractivity contribution in [3.05, 3.63) is 0 Å². The first-order valence-electron chi connectivity index (χ1n) is 5.64. The van der Waals surface area contributed by atoms with E-state index in [2.05, 4.69) is 5.32 Å². The maximum absolute atomic E-state index is 10.8. The van der Waals surface area contributed by atoms with Gasteiger partial charge in [0.1, 0.15) is 6.04 Å². The number of aliphatic hydroxyl groups is 1. The Balaban J connectivity index is 4.14. The second kappa shape index (κ2) is 7.55. The summed E-state index contributed by atoms with van der Waals surface area (Å²) in [7, 11) is 0. The lowest BCUT2D eigenvalue weighted by atomic mass is 10.0. The van der Waals surface area contributed by atoms with Crippen LogP contribution >= 0.6 is 11.8 Å². The van der Waals surface area contributed by atoms with Crippen LogP contribution in [-0.2, 0) is 9.59 Å². The number of hydrogen-bond donors (Lipinski definition) is 3. The molecule has 0 radical (unpaired) electrons. The molecule has 0 saturated heterocycles. The van der Waals surface area contributed by atoms with E-state index in [0.717, 1.165) is 0 Å². The van der Waals surface area contributed by atoms with Gasteiger partial charge in [-0.25, -0.2) is 4.79 Å². The highest BCUT2D eigenvalue weighted by atomic mass is 32.2. The maximum Gasteiger partial charge on any atom is 0.327 e. The molecule has 17 heavy (non-hydrogen) atoms. The van der Waals surface area contributed by atoms with E-state index in [9.17, 15) is 14.7 Å². The van der Waals surface area contributed by atoms with Crippen LogP contribution in [0.5, 0.6) is 0 Å². The summed E-state index contributed by atoms with van der Waals surface area (Å²) in [5.74, 6) is -0.677. The fraction of sp³-hybridized carbons (Fsp3) is 0.818. The number of carboxylic acids is 1. The smallest absolute Gasteiger partial charge is 0.327 e. The molecule has 0 bridgehead atoms. The van der Waals surface area contributed by atoms with Gasteiger partial charge in [0.05, 0.1) is 5.60 Å². The molecule has 6 heteroatoms. The molecule has 3 N–H and O–H groups in total. The fourth-order valence-electron chi connectivity index (χ4n) is 1.24. The Kier molecular flexibility index (Phi) is 7.22. The number of rotatable bonds is 8. The number of hydrogen-bond acceptors (Lipinski definition) is 4. The molecule has 0 aliphatic rings. The normalized spacial score (nSPS) is 13.2. The number of carbonyl (C=O) groups excluding carboxylic acids is 1. The molecule has 5 nitrogen and oxygen atoms in total. The lowest BCUT2D eigenvalue weighted by molar-refractivity contribution is -0.140. The summed E-state index contributed by atoms with van der Waals surface area (Å²) in [4.78, 5) is 21.6. The molecule has 0 spiro atoms. The zero-order valence-electron chi connectivity index (χ0n) is 10.5. The lowest BCUT2D eigenvalue weighted by Crippen LogP contribution is -2.42. The predicted molar refractivity (Wildman–Crippen MR) is 68.1 cm³/mol. The van der Waals surface area contributed by atoms with Crippen LogP contribution in [0.25, 0.3) is 0 Å². The monoisotopic (exact) mass is 263 g/mol. The van der Waals surface area contributed by atoms with Crippen LogP contribution in [0.1, 0.15) is 33.6 Å². The third-order valence-corrected chi connectivity index (χ3v) is 3.96. The van der Waals surface area contributed by atoms with Gasteiger partial charge < -0.3 is 15.5 Å². The van der Waals surface area contributed by atoms with Crippen LogP contribution < -0.4 is 5.32 Å². The van der Waals surface area contributed by atoms with Crippen molar-refractivity contribution in [2.75, 3.05) is 11.5 Å². The van der Waals surface area contributed by atoms with Gasteiger partial charge in [-0.05, 0) is 12.8 Å². The Bertz CT molecular complexity index is 266. The van der Waals surface area contributed by atoms with Gasteiger partial charge in [-0.1, -0.05) is 13.8 Å². The van der Waals surface area contributed by atoms with Crippen molar-refractivity contribution < 1.29 is 19.8 Å². The fourth-order valence-corrected chi connectivity index (χ4v) is 2.61. The summed E-state index contributed by atoms with van der Waals surface area (Å²) < 4.78 is 0. The molecule has 1 amide bonds. The summed E-state index contributed by atoms with van der Waals surface area (Å²) in [5, 5.41) is 21.2. The molecule has 1 atom stereocenters. The van der Waals surface area contributed by atoms with Gasteiger partial charge in [0.15, 0.2) is 0 Å². The highest BCUT2D eigenvalue weighted by Gasteiger charge is 2.24. The van der Waals surface area contributed by atoms with Crippen LogP contribution in [0.15, 0.2) is 0 Å². The second-order valence-electron chi connectivity index (χ2n) is 4.04. The molecule has 0 fully saturated rings. The van der Waals surface area contributed by atoms with Crippen LogP contribution in [0.4, 0.5) is 0 Å². The first-order valence-corrected chi connectivity index (χ1v) is 6.80. The summed E-state index contributed by atoms with van der Waals surface area (Å²) in [6.45, 7) is 5.08. The van der Waals surface area contributed by atoms with Crippen LogP contribution in [0, 0.1) is 0 Å². The number of carbonyl (C=O) groups is 2. The summed E-state index contributed by atoms with van der Waals surface area (Å²) in [5.41, 5.74) is -0.746. The highest BCUT2D eigenvalue weighted by molar-refractivity contribution is 7.99. The molecule has 0 aromatic rings. The third kappa shape index (κ3) is 6.53. The van der Waals surface area contributed by atoms with Crippen LogP contribution in [-0.4, -0.2) is 45.2 Å². The van der Waals surface area contributed by atoms with Crippen molar-refractivity contribution in [1.82, 2.24) is 5.32 Å². The standard InChI is InChI=1S/C11H21NO4S/c1-4-11(16,5-2)7-17-6-9(10(14)15)12-8(3)13/h9,16H,4-7H2,1-3H3,(H,12,13)(H,14,15). The van der Waals surface area contributed by atoms with E-state index in [1.54, 1.807) is 0 Å². The van der Waals surface area contributed by atoms with Gasteiger partial charge in [0, 0.05) is 18.4 Å². The zero-order chi connectivity index (χ0) is 13.5. The number of thioether (sulfide) groups is 1. The topological polar surface area (TPSA) is 86.6 Å². The molecule has 100 valence electrons. The van der Waals surface area contributed by atoms with Gasteiger partial charge in [-0.15, -0.1) is 0 Å². The maximum atomic E-state index is 10.8. The molecule has 0 heterocycles. The van der Waals surface area contributed by atoms with Crippen LogP contribution in [0.2, 0.25) is 0 Å².